The Hall–Kier alpha value is -0.640. The predicted molar refractivity (Wildman–Crippen MR) is 54.7 cm³/mol. The summed E-state index contributed by atoms with van der Waals surface area (Å²) in [6.07, 6.45) is 3.61. The van der Waals surface area contributed by atoms with Crippen molar-refractivity contribution in [3.05, 3.63) is 34.5 Å². The van der Waals surface area contributed by atoms with Crippen molar-refractivity contribution in [3.8, 4) is 0 Å². The second-order valence-electron chi connectivity index (χ2n) is 3.27. The number of hydrogen-bond donors (Lipinski definition) is 1. The van der Waals surface area contributed by atoms with Crippen molar-refractivity contribution in [2.75, 3.05) is 13.1 Å². The fourth-order valence-corrected chi connectivity index (χ4v) is 2.27. The first-order valence-corrected chi connectivity index (χ1v) is 5.32. The van der Waals surface area contributed by atoms with E-state index in [1.165, 1.54) is 4.88 Å². The van der Waals surface area contributed by atoms with Crippen LogP contribution in [0.2, 0.25) is 0 Å². The van der Waals surface area contributed by atoms with Crippen molar-refractivity contribution in [2.24, 2.45) is 0 Å². The van der Waals surface area contributed by atoms with E-state index in [1.54, 1.807) is 11.3 Å². The van der Waals surface area contributed by atoms with E-state index in [4.69, 9.17) is 0 Å². The van der Waals surface area contributed by atoms with Crippen molar-refractivity contribution in [1.82, 2.24) is 4.90 Å². The van der Waals surface area contributed by atoms with Gasteiger partial charge in [-0.05, 0) is 11.4 Å². The summed E-state index contributed by atoms with van der Waals surface area (Å²) in [7, 11) is 0. The molecule has 3 heteroatoms. The molecule has 0 bridgehead atoms. The van der Waals surface area contributed by atoms with Gasteiger partial charge in [0.25, 0.3) is 0 Å². The molecule has 1 aliphatic rings. The highest BCUT2D eigenvalue weighted by Gasteiger charge is 2.12. The number of β-amino-alcohol motifs (C(OH)–C–C–N with tert-alkyl or cyclic N) is 1. The van der Waals surface area contributed by atoms with E-state index in [0.29, 0.717) is 0 Å². The van der Waals surface area contributed by atoms with E-state index >= 15 is 0 Å². The van der Waals surface area contributed by atoms with Crippen LogP contribution in [0.1, 0.15) is 4.88 Å². The fourth-order valence-electron chi connectivity index (χ4n) is 1.52. The van der Waals surface area contributed by atoms with Gasteiger partial charge >= 0.3 is 0 Å². The lowest BCUT2D eigenvalue weighted by Crippen LogP contribution is -2.34. The van der Waals surface area contributed by atoms with E-state index in [0.717, 1.165) is 19.6 Å². The molecule has 13 heavy (non-hydrogen) atoms. The lowest BCUT2D eigenvalue weighted by atomic mass is 10.2. The summed E-state index contributed by atoms with van der Waals surface area (Å²) < 4.78 is 0. The topological polar surface area (TPSA) is 23.5 Å². The monoisotopic (exact) mass is 195 g/mol. The van der Waals surface area contributed by atoms with Gasteiger partial charge in [0.05, 0.1) is 6.10 Å². The second kappa shape index (κ2) is 4.05. The molecular formula is C10H13NOS. The van der Waals surface area contributed by atoms with E-state index in [2.05, 4.69) is 22.4 Å². The summed E-state index contributed by atoms with van der Waals surface area (Å²) in [5, 5.41) is 11.5. The molecule has 0 aromatic carbocycles. The molecule has 0 fully saturated rings. The average molecular weight is 195 g/mol. The molecule has 1 aromatic rings. The Morgan fingerprint density at radius 2 is 2.54 bits per heavy atom. The van der Waals surface area contributed by atoms with Gasteiger partial charge in [-0.15, -0.1) is 11.3 Å². The van der Waals surface area contributed by atoms with Crippen LogP contribution >= 0.6 is 11.3 Å². The second-order valence-corrected chi connectivity index (χ2v) is 4.30. The number of hydrogen-bond acceptors (Lipinski definition) is 3. The Kier molecular flexibility index (Phi) is 2.78. The molecule has 0 saturated heterocycles. The van der Waals surface area contributed by atoms with Crippen LogP contribution in [0.4, 0.5) is 0 Å². The van der Waals surface area contributed by atoms with Crippen molar-refractivity contribution < 1.29 is 5.11 Å². The van der Waals surface area contributed by atoms with Gasteiger partial charge < -0.3 is 5.11 Å². The van der Waals surface area contributed by atoms with Gasteiger partial charge in [0.1, 0.15) is 0 Å². The Balaban J connectivity index is 1.93. The SMILES string of the molecule is OC1C=CCN(Cc2cccs2)C1. The van der Waals surface area contributed by atoms with E-state index in [-0.39, 0.29) is 6.10 Å². The fraction of sp³-hybridized carbons (Fsp3) is 0.400. The van der Waals surface area contributed by atoms with Crippen LogP contribution in [0.15, 0.2) is 29.7 Å². The normalized spacial score (nSPS) is 23.6. The third-order valence-electron chi connectivity index (χ3n) is 2.13. The van der Waals surface area contributed by atoms with E-state index in [9.17, 15) is 5.11 Å². The van der Waals surface area contributed by atoms with Crippen LogP contribution in [0, 0.1) is 0 Å². The van der Waals surface area contributed by atoms with Gasteiger partial charge in [0, 0.05) is 24.5 Å². The molecule has 0 aliphatic carbocycles. The van der Waals surface area contributed by atoms with Crippen LogP contribution < -0.4 is 0 Å². The lowest BCUT2D eigenvalue weighted by Gasteiger charge is -2.25. The zero-order valence-electron chi connectivity index (χ0n) is 7.39. The first kappa shape index (κ1) is 8.94. The largest absolute Gasteiger partial charge is 0.388 e. The number of nitrogens with zero attached hydrogens (tertiary/aromatic N) is 1. The van der Waals surface area contributed by atoms with Gasteiger partial charge in [-0.3, -0.25) is 4.90 Å². The molecule has 1 atom stereocenters. The number of rotatable bonds is 2. The summed E-state index contributed by atoms with van der Waals surface area (Å²) in [5.74, 6) is 0. The van der Waals surface area contributed by atoms with E-state index in [1.807, 2.05) is 12.2 Å². The van der Waals surface area contributed by atoms with Gasteiger partial charge in [0.2, 0.25) is 0 Å². The molecule has 1 unspecified atom stereocenters. The highest BCUT2D eigenvalue weighted by molar-refractivity contribution is 7.09. The molecular weight excluding hydrogens is 182 g/mol. The summed E-state index contributed by atoms with van der Waals surface area (Å²) >= 11 is 1.77. The van der Waals surface area contributed by atoms with Gasteiger partial charge in [-0.2, -0.15) is 0 Å². The quantitative estimate of drug-likeness (QED) is 0.723. The smallest absolute Gasteiger partial charge is 0.0848 e. The molecule has 1 N–H and O–H groups in total. The number of aliphatic hydroxyl groups excluding tert-OH is 1. The zero-order valence-corrected chi connectivity index (χ0v) is 8.20. The van der Waals surface area contributed by atoms with Crippen molar-refractivity contribution in [2.45, 2.75) is 12.6 Å². The van der Waals surface area contributed by atoms with E-state index < -0.39 is 0 Å². The highest BCUT2D eigenvalue weighted by Crippen LogP contribution is 2.13. The number of aliphatic hydroxyl groups is 1. The summed E-state index contributed by atoms with van der Waals surface area (Å²) in [6, 6.07) is 4.20. The molecule has 70 valence electrons. The van der Waals surface area contributed by atoms with Crippen LogP contribution in [-0.2, 0) is 6.54 Å². The van der Waals surface area contributed by atoms with Gasteiger partial charge in [-0.25, -0.2) is 0 Å². The molecule has 0 radical (unpaired) electrons. The van der Waals surface area contributed by atoms with Crippen LogP contribution in [0.25, 0.3) is 0 Å². The van der Waals surface area contributed by atoms with Gasteiger partial charge in [-0.1, -0.05) is 18.2 Å². The Bertz CT molecular complexity index is 281. The molecule has 1 aliphatic heterocycles. The standard InChI is InChI=1S/C10H13NOS/c12-9-3-1-5-11(7-9)8-10-4-2-6-13-10/h1-4,6,9,12H,5,7-8H2. The van der Waals surface area contributed by atoms with Crippen LogP contribution in [0.3, 0.4) is 0 Å². The maximum Gasteiger partial charge on any atom is 0.0848 e. The summed E-state index contributed by atoms with van der Waals surface area (Å²) in [4.78, 5) is 3.61. The van der Waals surface area contributed by atoms with Crippen molar-refractivity contribution in [1.29, 1.82) is 0 Å². The molecule has 2 rings (SSSR count). The minimum atomic E-state index is -0.284. The molecule has 0 saturated carbocycles. The first-order valence-electron chi connectivity index (χ1n) is 4.44. The van der Waals surface area contributed by atoms with Gasteiger partial charge in [0.15, 0.2) is 0 Å². The molecule has 1 aromatic heterocycles. The maximum absolute atomic E-state index is 9.38. The third kappa shape index (κ3) is 2.40. The summed E-state index contributed by atoms with van der Waals surface area (Å²) in [6.45, 7) is 2.67. The van der Waals surface area contributed by atoms with Crippen LogP contribution in [-0.4, -0.2) is 29.2 Å². The highest BCUT2D eigenvalue weighted by atomic mass is 32.1. The first-order chi connectivity index (χ1) is 6.34. The predicted octanol–water partition coefficient (Wildman–Crippen LogP) is 1.48. The maximum atomic E-state index is 9.38. The minimum absolute atomic E-state index is 0.284. The number of thiophene rings is 1. The van der Waals surface area contributed by atoms with Crippen LogP contribution in [0.5, 0.6) is 0 Å². The molecule has 0 amide bonds. The Morgan fingerprint density at radius 3 is 3.23 bits per heavy atom. The minimum Gasteiger partial charge on any atom is -0.388 e. The third-order valence-corrected chi connectivity index (χ3v) is 2.99. The lowest BCUT2D eigenvalue weighted by molar-refractivity contribution is 0.141. The zero-order chi connectivity index (χ0) is 9.10. The average Bonchev–Trinajstić information content (AvgIpc) is 2.57. The molecule has 2 heterocycles. The summed E-state index contributed by atoms with van der Waals surface area (Å²) in [5.41, 5.74) is 0. The molecule has 2 nitrogen and oxygen atoms in total. The Morgan fingerprint density at radius 1 is 1.62 bits per heavy atom. The van der Waals surface area contributed by atoms with Crippen molar-refractivity contribution in [3.63, 3.8) is 0 Å². The van der Waals surface area contributed by atoms with Crippen molar-refractivity contribution >= 4 is 11.3 Å². The Labute approximate surface area is 82.1 Å². The molecule has 0 spiro atoms.